The van der Waals surface area contributed by atoms with E-state index in [1.165, 1.54) is 35.1 Å². The van der Waals surface area contributed by atoms with Crippen LogP contribution >= 0.6 is 23.1 Å². The van der Waals surface area contributed by atoms with E-state index in [0.717, 1.165) is 35.9 Å². The molecule has 1 amide bonds. The van der Waals surface area contributed by atoms with Gasteiger partial charge in [0.15, 0.2) is 5.16 Å². The zero-order chi connectivity index (χ0) is 19.7. The van der Waals surface area contributed by atoms with Crippen LogP contribution < -0.4 is 5.32 Å². The van der Waals surface area contributed by atoms with Gasteiger partial charge in [0.25, 0.3) is 0 Å². The minimum absolute atomic E-state index is 0.165. The molecular formula is C20H21N3O3S2. The number of anilines is 1. The number of methoxy groups -OCH3 is 1. The summed E-state index contributed by atoms with van der Waals surface area (Å²) in [6.07, 6.45) is 2.83. The van der Waals surface area contributed by atoms with Crippen molar-refractivity contribution < 1.29 is 14.3 Å². The van der Waals surface area contributed by atoms with Gasteiger partial charge in [0.05, 0.1) is 29.5 Å². The SMILES string of the molecule is COC(=O)c1c(NC(=O)CSc2nc3ccccc3[nH]2)sc2c1CCC(C)C2. The third-order valence-corrected chi connectivity index (χ3v) is 6.90. The number of nitrogens with one attached hydrogen (secondary N) is 2. The molecule has 2 heterocycles. The van der Waals surface area contributed by atoms with Gasteiger partial charge in [-0.25, -0.2) is 9.78 Å². The first-order valence-corrected chi connectivity index (χ1v) is 11.0. The van der Waals surface area contributed by atoms with E-state index < -0.39 is 0 Å². The molecule has 1 unspecified atom stereocenters. The third kappa shape index (κ3) is 3.79. The molecule has 146 valence electrons. The molecule has 0 bridgehead atoms. The molecule has 0 saturated heterocycles. The summed E-state index contributed by atoms with van der Waals surface area (Å²) in [6, 6.07) is 7.75. The summed E-state index contributed by atoms with van der Waals surface area (Å²) in [5.74, 6) is 0.248. The number of ether oxygens (including phenoxy) is 1. The van der Waals surface area contributed by atoms with E-state index in [-0.39, 0.29) is 17.6 Å². The van der Waals surface area contributed by atoms with Gasteiger partial charge in [0.2, 0.25) is 5.91 Å². The van der Waals surface area contributed by atoms with Crippen molar-refractivity contribution in [1.82, 2.24) is 9.97 Å². The molecule has 2 N–H and O–H groups in total. The van der Waals surface area contributed by atoms with Gasteiger partial charge in [-0.2, -0.15) is 0 Å². The van der Waals surface area contributed by atoms with Gasteiger partial charge >= 0.3 is 5.97 Å². The average molecular weight is 416 g/mol. The van der Waals surface area contributed by atoms with Crippen LogP contribution in [0.2, 0.25) is 0 Å². The van der Waals surface area contributed by atoms with Crippen molar-refractivity contribution in [2.45, 2.75) is 31.3 Å². The van der Waals surface area contributed by atoms with Crippen LogP contribution in [0.15, 0.2) is 29.4 Å². The van der Waals surface area contributed by atoms with Crippen molar-refractivity contribution >= 4 is 51.0 Å². The maximum absolute atomic E-state index is 12.5. The van der Waals surface area contributed by atoms with E-state index in [1.807, 2.05) is 24.3 Å². The Kier molecular flexibility index (Phi) is 5.41. The van der Waals surface area contributed by atoms with Gasteiger partial charge in [-0.15, -0.1) is 11.3 Å². The molecule has 1 atom stereocenters. The molecule has 0 saturated carbocycles. The molecular weight excluding hydrogens is 394 g/mol. The lowest BCUT2D eigenvalue weighted by Gasteiger charge is -2.18. The largest absolute Gasteiger partial charge is 0.465 e. The second-order valence-corrected chi connectivity index (χ2v) is 9.01. The fraction of sp³-hybridized carbons (Fsp3) is 0.350. The average Bonchev–Trinajstić information content (AvgIpc) is 3.25. The van der Waals surface area contributed by atoms with Crippen LogP contribution in [0.5, 0.6) is 0 Å². The van der Waals surface area contributed by atoms with Crippen molar-refractivity contribution in [3.05, 3.63) is 40.3 Å². The minimum Gasteiger partial charge on any atom is -0.465 e. The highest BCUT2D eigenvalue weighted by Gasteiger charge is 2.28. The Morgan fingerprint density at radius 2 is 2.21 bits per heavy atom. The van der Waals surface area contributed by atoms with Crippen LogP contribution in [0, 0.1) is 5.92 Å². The molecule has 28 heavy (non-hydrogen) atoms. The number of amides is 1. The zero-order valence-corrected chi connectivity index (χ0v) is 17.3. The van der Waals surface area contributed by atoms with Gasteiger partial charge < -0.3 is 15.0 Å². The fourth-order valence-electron chi connectivity index (χ4n) is 3.45. The standard InChI is InChI=1S/C20H21N3O3S2/c1-11-7-8-12-15(9-11)28-18(17(12)19(25)26-2)23-16(24)10-27-20-21-13-5-3-4-6-14(13)22-20/h3-6,11H,7-10H2,1-2H3,(H,21,22)(H,23,24). The maximum atomic E-state index is 12.5. The fourth-order valence-corrected chi connectivity index (χ4v) is 5.55. The number of esters is 1. The topological polar surface area (TPSA) is 84.1 Å². The highest BCUT2D eigenvalue weighted by molar-refractivity contribution is 7.99. The van der Waals surface area contributed by atoms with Crippen LogP contribution in [-0.4, -0.2) is 34.7 Å². The van der Waals surface area contributed by atoms with E-state index in [4.69, 9.17) is 4.74 Å². The number of benzene rings is 1. The molecule has 6 nitrogen and oxygen atoms in total. The number of para-hydroxylation sites is 2. The smallest absolute Gasteiger partial charge is 0.341 e. The van der Waals surface area contributed by atoms with Crippen LogP contribution in [0.4, 0.5) is 5.00 Å². The van der Waals surface area contributed by atoms with Crippen molar-refractivity contribution in [2.24, 2.45) is 5.92 Å². The zero-order valence-electron chi connectivity index (χ0n) is 15.7. The number of hydrogen-bond acceptors (Lipinski definition) is 6. The lowest BCUT2D eigenvalue weighted by molar-refractivity contribution is -0.113. The monoisotopic (exact) mass is 415 g/mol. The number of carbonyl (C=O) groups excluding carboxylic acids is 2. The molecule has 0 spiro atoms. The summed E-state index contributed by atoms with van der Waals surface area (Å²) >= 11 is 2.84. The summed E-state index contributed by atoms with van der Waals surface area (Å²) in [7, 11) is 1.38. The first kappa shape index (κ1) is 19.0. The van der Waals surface area contributed by atoms with E-state index >= 15 is 0 Å². The number of nitrogens with zero attached hydrogens (tertiary/aromatic N) is 1. The van der Waals surface area contributed by atoms with Crippen LogP contribution in [0.1, 0.15) is 34.1 Å². The van der Waals surface area contributed by atoms with E-state index in [1.54, 1.807) is 0 Å². The van der Waals surface area contributed by atoms with E-state index in [2.05, 4.69) is 22.2 Å². The maximum Gasteiger partial charge on any atom is 0.341 e. The number of hydrogen-bond donors (Lipinski definition) is 2. The molecule has 0 radical (unpaired) electrons. The minimum atomic E-state index is -0.382. The van der Waals surface area contributed by atoms with Crippen LogP contribution in [-0.2, 0) is 22.4 Å². The van der Waals surface area contributed by atoms with Gasteiger partial charge in [0, 0.05) is 4.88 Å². The molecule has 4 rings (SSSR count). The Balaban J connectivity index is 1.48. The molecule has 8 heteroatoms. The van der Waals surface area contributed by atoms with Gasteiger partial charge in [0.1, 0.15) is 5.00 Å². The lowest BCUT2D eigenvalue weighted by Crippen LogP contribution is -2.17. The summed E-state index contributed by atoms with van der Waals surface area (Å²) in [4.78, 5) is 33.7. The highest BCUT2D eigenvalue weighted by Crippen LogP contribution is 2.40. The van der Waals surface area contributed by atoms with Gasteiger partial charge in [-0.1, -0.05) is 30.8 Å². The quantitative estimate of drug-likeness (QED) is 0.480. The van der Waals surface area contributed by atoms with Crippen molar-refractivity contribution in [3.63, 3.8) is 0 Å². The molecule has 3 aromatic rings. The Labute approximate surface area is 171 Å². The Bertz CT molecular complexity index is 1010. The number of aromatic amines is 1. The molecule has 1 aliphatic carbocycles. The normalized spacial score (nSPS) is 16.0. The first-order chi connectivity index (χ1) is 13.5. The van der Waals surface area contributed by atoms with Crippen LogP contribution in [0.3, 0.4) is 0 Å². The molecule has 1 aromatic carbocycles. The van der Waals surface area contributed by atoms with Gasteiger partial charge in [-0.05, 0) is 42.9 Å². The number of carbonyl (C=O) groups is 2. The molecule has 2 aromatic heterocycles. The van der Waals surface area contributed by atoms with E-state index in [9.17, 15) is 9.59 Å². The lowest BCUT2D eigenvalue weighted by atomic mass is 9.88. The summed E-state index contributed by atoms with van der Waals surface area (Å²) in [5, 5.41) is 4.21. The second kappa shape index (κ2) is 7.97. The van der Waals surface area contributed by atoms with Crippen LogP contribution in [0.25, 0.3) is 11.0 Å². The summed E-state index contributed by atoms with van der Waals surface area (Å²) in [6.45, 7) is 2.21. The number of imidazole rings is 1. The number of thioether (sulfide) groups is 1. The van der Waals surface area contributed by atoms with Crippen molar-refractivity contribution in [2.75, 3.05) is 18.2 Å². The molecule has 1 aliphatic rings. The Morgan fingerprint density at radius 3 is 3.00 bits per heavy atom. The van der Waals surface area contributed by atoms with Crippen molar-refractivity contribution in [1.29, 1.82) is 0 Å². The number of aromatic nitrogens is 2. The Hall–Kier alpha value is -2.32. The molecule has 0 fully saturated rings. The third-order valence-electron chi connectivity index (χ3n) is 4.86. The molecule has 0 aliphatic heterocycles. The predicted octanol–water partition coefficient (Wildman–Crippen LogP) is 4.27. The van der Waals surface area contributed by atoms with Gasteiger partial charge in [-0.3, -0.25) is 4.79 Å². The number of fused-ring (bicyclic) bond motifs is 2. The van der Waals surface area contributed by atoms with Crippen molar-refractivity contribution in [3.8, 4) is 0 Å². The Morgan fingerprint density at radius 1 is 1.39 bits per heavy atom. The number of thiophene rings is 1. The summed E-state index contributed by atoms with van der Waals surface area (Å²) < 4.78 is 4.97. The number of rotatable bonds is 5. The highest BCUT2D eigenvalue weighted by atomic mass is 32.2. The van der Waals surface area contributed by atoms with E-state index in [0.29, 0.717) is 21.6 Å². The summed E-state index contributed by atoms with van der Waals surface area (Å²) in [5.41, 5.74) is 3.38. The number of H-pyrrole nitrogens is 1. The first-order valence-electron chi connectivity index (χ1n) is 9.15. The second-order valence-electron chi connectivity index (χ2n) is 6.94. The predicted molar refractivity (Wildman–Crippen MR) is 112 cm³/mol.